The van der Waals surface area contributed by atoms with Gasteiger partial charge in [-0.2, -0.15) is 0 Å². The molecule has 7 heteroatoms. The molecule has 3 rings (SSSR count). The fourth-order valence-electron chi connectivity index (χ4n) is 3.05. The van der Waals surface area contributed by atoms with Crippen molar-refractivity contribution in [2.75, 3.05) is 39.4 Å². The zero-order chi connectivity index (χ0) is 20.5. The van der Waals surface area contributed by atoms with E-state index in [1.165, 1.54) is 4.90 Å². The van der Waals surface area contributed by atoms with Crippen LogP contribution in [-0.4, -0.2) is 51.2 Å². The van der Waals surface area contributed by atoms with Crippen LogP contribution in [0.15, 0.2) is 60.3 Å². The maximum Gasteiger partial charge on any atom is 0.268 e. The summed E-state index contributed by atoms with van der Waals surface area (Å²) in [5.41, 5.74) is 1.29. The Bertz CT molecular complexity index is 865. The number of amides is 2. The van der Waals surface area contributed by atoms with Crippen LogP contribution in [-0.2, 0) is 9.53 Å². The molecule has 0 aliphatic carbocycles. The number of quaternary nitrogens is 1. The van der Waals surface area contributed by atoms with Crippen molar-refractivity contribution in [3.8, 4) is 0 Å². The Labute approximate surface area is 175 Å². The Morgan fingerprint density at radius 1 is 1.03 bits per heavy atom. The smallest absolute Gasteiger partial charge is 0.268 e. The highest BCUT2D eigenvalue weighted by Crippen LogP contribution is 2.18. The van der Waals surface area contributed by atoms with Crippen LogP contribution < -0.4 is 15.5 Å². The normalized spacial score (nSPS) is 15.0. The molecule has 3 N–H and O–H groups in total. The number of morpholine rings is 1. The molecule has 1 heterocycles. The third-order valence-corrected chi connectivity index (χ3v) is 5.04. The van der Waals surface area contributed by atoms with Crippen LogP contribution in [0, 0.1) is 0 Å². The standard InChI is InChI=1S/C22H24ClN3O3/c23-19-9-5-4-8-18(19)16-20(25-21(27)17-6-2-1-3-7-17)22(28)24-10-11-26-12-14-29-15-13-26/h1-9,16H,10-15H2,(H,24,28)(H,25,27)/p+1/b20-16+. The third-order valence-electron chi connectivity index (χ3n) is 4.70. The van der Waals surface area contributed by atoms with Gasteiger partial charge < -0.3 is 20.3 Å². The highest BCUT2D eigenvalue weighted by Gasteiger charge is 2.17. The van der Waals surface area contributed by atoms with Crippen LogP contribution in [0.1, 0.15) is 15.9 Å². The van der Waals surface area contributed by atoms with E-state index < -0.39 is 0 Å². The van der Waals surface area contributed by atoms with E-state index in [0.29, 0.717) is 22.7 Å². The van der Waals surface area contributed by atoms with E-state index in [1.54, 1.807) is 42.5 Å². The van der Waals surface area contributed by atoms with Gasteiger partial charge >= 0.3 is 0 Å². The van der Waals surface area contributed by atoms with Crippen LogP contribution in [0.25, 0.3) is 6.08 Å². The zero-order valence-electron chi connectivity index (χ0n) is 16.1. The van der Waals surface area contributed by atoms with Crippen LogP contribution in [0.2, 0.25) is 5.02 Å². The summed E-state index contributed by atoms with van der Waals surface area (Å²) in [6.07, 6.45) is 1.60. The molecule has 2 aromatic rings. The predicted octanol–water partition coefficient (Wildman–Crippen LogP) is 1.14. The minimum Gasteiger partial charge on any atom is -0.370 e. The molecule has 1 aliphatic heterocycles. The first-order valence-corrected chi connectivity index (χ1v) is 10.0. The van der Waals surface area contributed by atoms with E-state index in [1.807, 2.05) is 18.2 Å². The van der Waals surface area contributed by atoms with Gasteiger partial charge in [0.15, 0.2) is 0 Å². The van der Waals surface area contributed by atoms with Crippen LogP contribution in [0.4, 0.5) is 0 Å². The number of ether oxygens (including phenoxy) is 1. The van der Waals surface area contributed by atoms with E-state index in [9.17, 15) is 9.59 Å². The van der Waals surface area contributed by atoms with Gasteiger partial charge in [0, 0.05) is 10.6 Å². The highest BCUT2D eigenvalue weighted by molar-refractivity contribution is 6.32. The quantitative estimate of drug-likeness (QED) is 0.595. The summed E-state index contributed by atoms with van der Waals surface area (Å²) >= 11 is 6.23. The van der Waals surface area contributed by atoms with E-state index >= 15 is 0 Å². The third kappa shape index (κ3) is 6.42. The maximum atomic E-state index is 12.8. The molecule has 0 atom stereocenters. The van der Waals surface area contributed by atoms with Gasteiger partial charge in [-0.1, -0.05) is 48.0 Å². The second-order valence-electron chi connectivity index (χ2n) is 6.77. The first kappa shape index (κ1) is 21.0. The lowest BCUT2D eigenvalue weighted by Gasteiger charge is -2.23. The summed E-state index contributed by atoms with van der Waals surface area (Å²) in [4.78, 5) is 26.8. The first-order valence-electron chi connectivity index (χ1n) is 9.65. The average Bonchev–Trinajstić information content (AvgIpc) is 2.76. The monoisotopic (exact) mass is 414 g/mol. The number of benzene rings is 2. The van der Waals surface area contributed by atoms with Crippen molar-refractivity contribution in [2.45, 2.75) is 0 Å². The van der Waals surface area contributed by atoms with Gasteiger partial charge in [-0.25, -0.2) is 0 Å². The molecule has 1 aliphatic rings. The number of hydrogen-bond donors (Lipinski definition) is 3. The largest absolute Gasteiger partial charge is 0.370 e. The van der Waals surface area contributed by atoms with Crippen molar-refractivity contribution in [2.24, 2.45) is 0 Å². The van der Waals surface area contributed by atoms with Gasteiger partial charge in [0.25, 0.3) is 11.8 Å². The summed E-state index contributed by atoms with van der Waals surface area (Å²) in [5, 5.41) is 6.13. The van der Waals surface area contributed by atoms with Crippen molar-refractivity contribution in [3.63, 3.8) is 0 Å². The fraction of sp³-hybridized carbons (Fsp3) is 0.273. The Balaban J connectivity index is 1.70. The summed E-state index contributed by atoms with van der Waals surface area (Å²) in [7, 11) is 0. The second kappa shape index (κ2) is 10.8. The highest BCUT2D eigenvalue weighted by atomic mass is 35.5. The van der Waals surface area contributed by atoms with Gasteiger partial charge in [-0.3, -0.25) is 9.59 Å². The Kier molecular flexibility index (Phi) is 7.81. The van der Waals surface area contributed by atoms with Crippen molar-refractivity contribution in [1.82, 2.24) is 10.6 Å². The zero-order valence-corrected chi connectivity index (χ0v) is 16.9. The summed E-state index contributed by atoms with van der Waals surface area (Å²) < 4.78 is 5.35. The lowest BCUT2D eigenvalue weighted by atomic mass is 10.1. The average molecular weight is 415 g/mol. The van der Waals surface area contributed by atoms with Crippen molar-refractivity contribution < 1.29 is 19.2 Å². The molecule has 0 unspecified atom stereocenters. The van der Waals surface area contributed by atoms with Gasteiger partial charge in [-0.15, -0.1) is 0 Å². The molecular weight excluding hydrogens is 390 g/mol. The van der Waals surface area contributed by atoms with Gasteiger partial charge in [-0.05, 0) is 29.8 Å². The number of halogens is 1. The van der Waals surface area contributed by atoms with E-state index in [-0.39, 0.29) is 17.5 Å². The molecule has 29 heavy (non-hydrogen) atoms. The van der Waals surface area contributed by atoms with Gasteiger partial charge in [0.1, 0.15) is 18.8 Å². The molecule has 0 spiro atoms. The topological polar surface area (TPSA) is 71.9 Å². The van der Waals surface area contributed by atoms with Gasteiger partial charge in [0.05, 0.1) is 26.3 Å². The van der Waals surface area contributed by atoms with Crippen molar-refractivity contribution >= 4 is 29.5 Å². The molecule has 0 bridgehead atoms. The summed E-state index contributed by atoms with van der Waals surface area (Å²) in [6.45, 7) is 4.67. The number of carbonyl (C=O) groups is 2. The Morgan fingerprint density at radius 3 is 2.45 bits per heavy atom. The predicted molar refractivity (Wildman–Crippen MR) is 113 cm³/mol. The molecule has 2 amide bonds. The van der Waals surface area contributed by atoms with Gasteiger partial charge in [0.2, 0.25) is 0 Å². The Morgan fingerprint density at radius 2 is 1.72 bits per heavy atom. The molecule has 0 radical (unpaired) electrons. The minimum atomic E-state index is -0.349. The number of nitrogens with one attached hydrogen (secondary N) is 3. The SMILES string of the molecule is O=C(NCC[NH+]1CCOCC1)/C(=C\c1ccccc1Cl)NC(=O)c1ccccc1. The maximum absolute atomic E-state index is 12.8. The summed E-state index contributed by atoms with van der Waals surface area (Å²) in [6, 6.07) is 15.9. The molecule has 6 nitrogen and oxygen atoms in total. The fourth-order valence-corrected chi connectivity index (χ4v) is 3.24. The molecular formula is C22H25ClN3O3+. The van der Waals surface area contributed by atoms with Crippen LogP contribution in [0.5, 0.6) is 0 Å². The molecule has 152 valence electrons. The number of rotatable bonds is 7. The Hall–Kier alpha value is -2.67. The van der Waals surface area contributed by atoms with E-state index in [0.717, 1.165) is 32.8 Å². The second-order valence-corrected chi connectivity index (χ2v) is 7.18. The van der Waals surface area contributed by atoms with Crippen molar-refractivity contribution in [1.29, 1.82) is 0 Å². The van der Waals surface area contributed by atoms with Crippen LogP contribution >= 0.6 is 11.6 Å². The van der Waals surface area contributed by atoms with Crippen molar-refractivity contribution in [3.05, 3.63) is 76.4 Å². The van der Waals surface area contributed by atoms with E-state index in [4.69, 9.17) is 16.3 Å². The van der Waals surface area contributed by atoms with E-state index in [2.05, 4.69) is 10.6 Å². The molecule has 1 fully saturated rings. The summed E-state index contributed by atoms with van der Waals surface area (Å²) in [5.74, 6) is -0.695. The first-order chi connectivity index (χ1) is 14.1. The number of carbonyl (C=O) groups excluding carboxylic acids is 2. The number of hydrogen-bond acceptors (Lipinski definition) is 3. The molecule has 1 saturated heterocycles. The lowest BCUT2D eigenvalue weighted by Crippen LogP contribution is -3.14. The van der Waals surface area contributed by atoms with Crippen LogP contribution in [0.3, 0.4) is 0 Å². The minimum absolute atomic E-state index is 0.156. The molecule has 0 saturated carbocycles. The molecule has 0 aromatic heterocycles. The molecule has 2 aromatic carbocycles. The lowest BCUT2D eigenvalue weighted by molar-refractivity contribution is -0.906.